The minimum absolute atomic E-state index is 0.0306. The predicted octanol–water partition coefficient (Wildman–Crippen LogP) is 2.89. The van der Waals surface area contributed by atoms with Crippen LogP contribution in [0.15, 0.2) is 59.4 Å². The third kappa shape index (κ3) is 3.71. The van der Waals surface area contributed by atoms with Gasteiger partial charge in [0.2, 0.25) is 0 Å². The molecule has 0 fully saturated rings. The molecule has 4 rings (SSSR count). The van der Waals surface area contributed by atoms with E-state index in [0.717, 1.165) is 5.56 Å². The summed E-state index contributed by atoms with van der Waals surface area (Å²) in [4.78, 5) is 30.6. The molecule has 2 N–H and O–H groups in total. The van der Waals surface area contributed by atoms with Gasteiger partial charge in [-0.05, 0) is 24.1 Å². The molecular weight excluding hydrogens is 370 g/mol. The van der Waals surface area contributed by atoms with E-state index in [1.807, 2.05) is 30.3 Å². The molecule has 1 aliphatic heterocycles. The summed E-state index contributed by atoms with van der Waals surface area (Å²) in [6, 6.07) is 16.6. The average molecular weight is 391 g/mol. The molecule has 0 atom stereocenters. The molecule has 0 radical (unpaired) electrons. The molecule has 2 heterocycles. The Balaban J connectivity index is 1.81. The van der Waals surface area contributed by atoms with Gasteiger partial charge in [0.05, 0.1) is 23.4 Å². The van der Waals surface area contributed by atoms with E-state index >= 15 is 0 Å². The number of aryl methyl sites for hydroxylation is 1. The van der Waals surface area contributed by atoms with Crippen molar-refractivity contribution >= 4 is 6.09 Å². The maximum Gasteiger partial charge on any atom is 0.407 e. The zero-order valence-electron chi connectivity index (χ0n) is 15.8. The van der Waals surface area contributed by atoms with Gasteiger partial charge in [0.25, 0.3) is 5.56 Å². The second kappa shape index (κ2) is 7.79. The number of phenolic OH excluding ortho intramolecular Hbond substituents is 1. The molecule has 3 aromatic rings. The Morgan fingerprint density at radius 2 is 1.79 bits per heavy atom. The van der Waals surface area contributed by atoms with Gasteiger partial charge < -0.3 is 15.1 Å². The normalized spacial score (nSPS) is 13.2. The number of benzene rings is 2. The predicted molar refractivity (Wildman–Crippen MR) is 108 cm³/mol. The van der Waals surface area contributed by atoms with E-state index in [-0.39, 0.29) is 17.9 Å². The number of para-hydroxylation sites is 1. The van der Waals surface area contributed by atoms with E-state index in [1.54, 1.807) is 28.8 Å². The second-order valence-corrected chi connectivity index (χ2v) is 7.02. The largest absolute Gasteiger partial charge is 0.507 e. The minimum atomic E-state index is -1.05. The molecule has 0 saturated carbocycles. The number of nitrogens with zero attached hydrogens (tertiary/aromatic N) is 3. The molecule has 1 aromatic heterocycles. The number of hydrogen-bond donors (Lipinski definition) is 2. The van der Waals surface area contributed by atoms with Crippen molar-refractivity contribution in [3.8, 4) is 17.1 Å². The van der Waals surface area contributed by atoms with Gasteiger partial charge in [-0.3, -0.25) is 9.36 Å². The first-order valence-electron chi connectivity index (χ1n) is 9.47. The van der Waals surface area contributed by atoms with E-state index in [0.29, 0.717) is 48.6 Å². The van der Waals surface area contributed by atoms with E-state index in [1.165, 1.54) is 4.90 Å². The number of phenols is 1. The molecule has 29 heavy (non-hydrogen) atoms. The summed E-state index contributed by atoms with van der Waals surface area (Å²) in [5, 5.41) is 19.7. The number of rotatable bonds is 4. The van der Waals surface area contributed by atoms with Crippen LogP contribution in [0.5, 0.6) is 5.75 Å². The Morgan fingerprint density at radius 1 is 1.07 bits per heavy atom. The monoisotopic (exact) mass is 391 g/mol. The highest BCUT2D eigenvalue weighted by Crippen LogP contribution is 2.28. The van der Waals surface area contributed by atoms with Gasteiger partial charge in [0, 0.05) is 19.5 Å². The van der Waals surface area contributed by atoms with Crippen molar-refractivity contribution in [2.75, 3.05) is 6.54 Å². The van der Waals surface area contributed by atoms with Gasteiger partial charge >= 0.3 is 6.09 Å². The van der Waals surface area contributed by atoms with Crippen LogP contribution in [0.1, 0.15) is 16.8 Å². The van der Waals surface area contributed by atoms with Gasteiger partial charge in [-0.15, -0.1) is 0 Å². The van der Waals surface area contributed by atoms with Crippen LogP contribution in [0.25, 0.3) is 11.4 Å². The lowest BCUT2D eigenvalue weighted by atomic mass is 10.1. The lowest BCUT2D eigenvalue weighted by molar-refractivity contribution is 0.139. The number of amides is 1. The summed E-state index contributed by atoms with van der Waals surface area (Å²) in [6.07, 6.45) is -0.0581. The smallest absolute Gasteiger partial charge is 0.407 e. The lowest BCUT2D eigenvalue weighted by Crippen LogP contribution is -2.41. The SMILES string of the molecule is O=C(O)N1CCc2nc(-c3ccccc3O)n(CCc3ccccc3)c(=O)c2C1. The molecule has 0 spiro atoms. The summed E-state index contributed by atoms with van der Waals surface area (Å²) in [5.74, 6) is 0.460. The van der Waals surface area contributed by atoms with Gasteiger partial charge in [0.1, 0.15) is 11.6 Å². The Hall–Kier alpha value is -3.61. The van der Waals surface area contributed by atoms with Crippen molar-refractivity contribution in [2.45, 2.75) is 25.9 Å². The first kappa shape index (κ1) is 18.7. The second-order valence-electron chi connectivity index (χ2n) is 7.02. The van der Waals surface area contributed by atoms with Gasteiger partial charge in [-0.1, -0.05) is 42.5 Å². The highest BCUT2D eigenvalue weighted by Gasteiger charge is 2.26. The number of fused-ring (bicyclic) bond motifs is 1. The van der Waals surface area contributed by atoms with Crippen LogP contribution in [-0.4, -0.2) is 37.3 Å². The standard InChI is InChI=1S/C22H21N3O4/c26-19-9-5-4-8-16(19)20-23-18-11-12-24(22(28)29)14-17(18)21(27)25(20)13-10-15-6-2-1-3-7-15/h1-9,26H,10-14H2,(H,28,29). The molecule has 0 unspecified atom stereocenters. The number of carbonyl (C=O) groups is 1. The summed E-state index contributed by atoms with van der Waals surface area (Å²) in [7, 11) is 0. The molecule has 2 aromatic carbocycles. The summed E-state index contributed by atoms with van der Waals surface area (Å²) >= 11 is 0. The number of aromatic nitrogens is 2. The third-order valence-electron chi connectivity index (χ3n) is 5.20. The Bertz CT molecular complexity index is 1110. The number of hydrogen-bond acceptors (Lipinski definition) is 4. The Kier molecular flexibility index (Phi) is 5.03. The number of carboxylic acid groups (broad SMARTS) is 1. The zero-order chi connectivity index (χ0) is 20.4. The van der Waals surface area contributed by atoms with E-state index in [9.17, 15) is 19.8 Å². The summed E-state index contributed by atoms with van der Waals surface area (Å²) in [5.41, 5.74) is 2.32. The minimum Gasteiger partial charge on any atom is -0.507 e. The van der Waals surface area contributed by atoms with Crippen molar-refractivity contribution in [1.29, 1.82) is 0 Å². The van der Waals surface area contributed by atoms with Crippen molar-refractivity contribution in [2.24, 2.45) is 0 Å². The fraction of sp³-hybridized carbons (Fsp3) is 0.227. The van der Waals surface area contributed by atoms with Crippen LogP contribution in [0.4, 0.5) is 4.79 Å². The summed E-state index contributed by atoms with van der Waals surface area (Å²) in [6.45, 7) is 0.700. The van der Waals surface area contributed by atoms with Gasteiger partial charge in [0.15, 0.2) is 0 Å². The summed E-state index contributed by atoms with van der Waals surface area (Å²) < 4.78 is 1.55. The Morgan fingerprint density at radius 3 is 2.52 bits per heavy atom. The van der Waals surface area contributed by atoms with E-state index in [4.69, 9.17) is 4.98 Å². The average Bonchev–Trinajstić information content (AvgIpc) is 2.74. The first-order chi connectivity index (χ1) is 14.0. The molecule has 148 valence electrons. The first-order valence-corrected chi connectivity index (χ1v) is 9.47. The van der Waals surface area contributed by atoms with Gasteiger partial charge in [-0.25, -0.2) is 9.78 Å². The number of aromatic hydroxyl groups is 1. The van der Waals surface area contributed by atoms with Crippen molar-refractivity contribution in [1.82, 2.24) is 14.5 Å². The zero-order valence-corrected chi connectivity index (χ0v) is 15.8. The highest BCUT2D eigenvalue weighted by atomic mass is 16.4. The third-order valence-corrected chi connectivity index (χ3v) is 5.20. The molecule has 7 nitrogen and oxygen atoms in total. The van der Waals surface area contributed by atoms with E-state index < -0.39 is 6.09 Å². The molecule has 1 amide bonds. The van der Waals surface area contributed by atoms with Crippen molar-refractivity contribution in [3.63, 3.8) is 0 Å². The van der Waals surface area contributed by atoms with Crippen LogP contribution < -0.4 is 5.56 Å². The maximum atomic E-state index is 13.3. The Labute approximate surface area is 167 Å². The van der Waals surface area contributed by atoms with Crippen LogP contribution in [0.2, 0.25) is 0 Å². The van der Waals surface area contributed by atoms with E-state index in [2.05, 4.69) is 0 Å². The molecule has 0 aliphatic carbocycles. The van der Waals surface area contributed by atoms with Crippen molar-refractivity contribution < 1.29 is 15.0 Å². The maximum absolute atomic E-state index is 13.3. The molecular formula is C22H21N3O4. The van der Waals surface area contributed by atoms with Crippen LogP contribution >= 0.6 is 0 Å². The topological polar surface area (TPSA) is 95.7 Å². The quantitative estimate of drug-likeness (QED) is 0.713. The van der Waals surface area contributed by atoms with Crippen molar-refractivity contribution in [3.05, 3.63) is 81.8 Å². The van der Waals surface area contributed by atoms with Crippen LogP contribution in [-0.2, 0) is 25.9 Å². The molecule has 0 saturated heterocycles. The molecule has 0 bridgehead atoms. The highest BCUT2D eigenvalue weighted by molar-refractivity contribution is 5.66. The lowest BCUT2D eigenvalue weighted by Gasteiger charge is -2.27. The van der Waals surface area contributed by atoms with Gasteiger partial charge in [-0.2, -0.15) is 0 Å². The van der Waals surface area contributed by atoms with Crippen LogP contribution in [0.3, 0.4) is 0 Å². The fourth-order valence-electron chi connectivity index (χ4n) is 3.64. The molecule has 7 heteroatoms. The fourth-order valence-corrected chi connectivity index (χ4v) is 3.64. The van der Waals surface area contributed by atoms with Crippen LogP contribution in [0, 0.1) is 0 Å². The molecule has 1 aliphatic rings.